The third-order valence-corrected chi connectivity index (χ3v) is 2.59. The molecule has 90 valence electrons. The molecule has 0 aliphatic rings. The molecular formula is C14H13N3O. The Morgan fingerprint density at radius 3 is 2.67 bits per heavy atom. The molecule has 4 heteroatoms. The van der Waals surface area contributed by atoms with Gasteiger partial charge in [-0.15, -0.1) is 0 Å². The SMILES string of the molecule is Cc1ccnc(OCc2ccc(N)cc2)c1C#N. The number of hydrogen-bond donors (Lipinski definition) is 1. The minimum Gasteiger partial charge on any atom is -0.472 e. The lowest BCUT2D eigenvalue weighted by Gasteiger charge is -2.08. The zero-order valence-corrected chi connectivity index (χ0v) is 10.1. The van der Waals surface area contributed by atoms with Crippen molar-refractivity contribution in [3.8, 4) is 11.9 Å². The van der Waals surface area contributed by atoms with E-state index in [2.05, 4.69) is 11.1 Å². The molecule has 0 saturated carbocycles. The van der Waals surface area contributed by atoms with Gasteiger partial charge in [-0.05, 0) is 36.2 Å². The van der Waals surface area contributed by atoms with Crippen LogP contribution in [0.3, 0.4) is 0 Å². The molecule has 2 N–H and O–H groups in total. The van der Waals surface area contributed by atoms with Crippen LogP contribution in [0.25, 0.3) is 0 Å². The molecule has 2 aromatic rings. The lowest BCUT2D eigenvalue weighted by molar-refractivity contribution is 0.292. The number of rotatable bonds is 3. The maximum atomic E-state index is 9.05. The van der Waals surface area contributed by atoms with Crippen molar-refractivity contribution < 1.29 is 4.74 Å². The van der Waals surface area contributed by atoms with Crippen molar-refractivity contribution in [3.63, 3.8) is 0 Å². The highest BCUT2D eigenvalue weighted by atomic mass is 16.5. The van der Waals surface area contributed by atoms with E-state index in [1.54, 1.807) is 12.3 Å². The van der Waals surface area contributed by atoms with Gasteiger partial charge in [-0.2, -0.15) is 5.26 Å². The van der Waals surface area contributed by atoms with Crippen LogP contribution in [-0.2, 0) is 6.61 Å². The molecule has 0 fully saturated rings. The van der Waals surface area contributed by atoms with Crippen molar-refractivity contribution in [2.24, 2.45) is 0 Å². The van der Waals surface area contributed by atoms with Gasteiger partial charge in [-0.3, -0.25) is 0 Å². The van der Waals surface area contributed by atoms with Crippen molar-refractivity contribution in [3.05, 3.63) is 53.2 Å². The Morgan fingerprint density at radius 1 is 1.28 bits per heavy atom. The molecule has 2 rings (SSSR count). The lowest BCUT2D eigenvalue weighted by atomic mass is 10.2. The molecular weight excluding hydrogens is 226 g/mol. The molecule has 18 heavy (non-hydrogen) atoms. The topological polar surface area (TPSA) is 71.9 Å². The van der Waals surface area contributed by atoms with Crippen LogP contribution in [0, 0.1) is 18.3 Å². The summed E-state index contributed by atoms with van der Waals surface area (Å²) in [6.45, 7) is 2.22. The number of ether oxygens (including phenoxy) is 1. The van der Waals surface area contributed by atoms with Crippen LogP contribution in [0.4, 0.5) is 5.69 Å². The molecule has 0 unspecified atom stereocenters. The van der Waals surface area contributed by atoms with Gasteiger partial charge in [-0.1, -0.05) is 12.1 Å². The molecule has 0 amide bonds. The van der Waals surface area contributed by atoms with Crippen molar-refractivity contribution in [1.82, 2.24) is 4.98 Å². The third-order valence-electron chi connectivity index (χ3n) is 2.59. The average Bonchev–Trinajstić information content (AvgIpc) is 2.38. The van der Waals surface area contributed by atoms with Crippen LogP contribution in [0.5, 0.6) is 5.88 Å². The van der Waals surface area contributed by atoms with E-state index in [-0.39, 0.29) is 0 Å². The van der Waals surface area contributed by atoms with Crippen molar-refractivity contribution >= 4 is 5.69 Å². The highest BCUT2D eigenvalue weighted by Gasteiger charge is 2.07. The quantitative estimate of drug-likeness (QED) is 0.835. The van der Waals surface area contributed by atoms with E-state index in [9.17, 15) is 0 Å². The first-order chi connectivity index (χ1) is 8.70. The first kappa shape index (κ1) is 11.9. The number of hydrogen-bond acceptors (Lipinski definition) is 4. The number of nitrogens with two attached hydrogens (primary N) is 1. The van der Waals surface area contributed by atoms with Gasteiger partial charge < -0.3 is 10.5 Å². The summed E-state index contributed by atoms with van der Waals surface area (Å²) in [6, 6.07) is 11.3. The van der Waals surface area contributed by atoms with Gasteiger partial charge in [0, 0.05) is 11.9 Å². The Morgan fingerprint density at radius 2 is 2.00 bits per heavy atom. The number of anilines is 1. The summed E-state index contributed by atoms with van der Waals surface area (Å²) in [5.74, 6) is 0.370. The largest absolute Gasteiger partial charge is 0.472 e. The number of benzene rings is 1. The molecule has 1 heterocycles. The predicted octanol–water partition coefficient (Wildman–Crippen LogP) is 2.42. The first-order valence-electron chi connectivity index (χ1n) is 5.53. The van der Waals surface area contributed by atoms with Crippen molar-refractivity contribution in [1.29, 1.82) is 5.26 Å². The summed E-state index contributed by atoms with van der Waals surface area (Å²) in [4.78, 5) is 4.07. The first-order valence-corrected chi connectivity index (χ1v) is 5.53. The van der Waals surface area contributed by atoms with Gasteiger partial charge in [0.1, 0.15) is 18.2 Å². The Labute approximate surface area is 106 Å². The monoisotopic (exact) mass is 239 g/mol. The van der Waals surface area contributed by atoms with Gasteiger partial charge >= 0.3 is 0 Å². The fourth-order valence-electron chi connectivity index (χ4n) is 1.54. The second-order valence-electron chi connectivity index (χ2n) is 3.95. The van der Waals surface area contributed by atoms with E-state index in [1.807, 2.05) is 31.2 Å². The minimum absolute atomic E-state index is 0.366. The van der Waals surface area contributed by atoms with Gasteiger partial charge in [0.25, 0.3) is 0 Å². The second-order valence-corrected chi connectivity index (χ2v) is 3.95. The number of nitrogens with zero attached hydrogens (tertiary/aromatic N) is 2. The van der Waals surface area contributed by atoms with E-state index >= 15 is 0 Å². The molecule has 0 aliphatic carbocycles. The number of nitriles is 1. The Kier molecular flexibility index (Phi) is 3.44. The van der Waals surface area contributed by atoms with Gasteiger partial charge in [0.15, 0.2) is 0 Å². The molecule has 4 nitrogen and oxygen atoms in total. The zero-order valence-electron chi connectivity index (χ0n) is 10.1. The van der Waals surface area contributed by atoms with Gasteiger partial charge in [-0.25, -0.2) is 4.98 Å². The fraction of sp³-hybridized carbons (Fsp3) is 0.143. The van der Waals surface area contributed by atoms with Crippen LogP contribution in [-0.4, -0.2) is 4.98 Å². The second kappa shape index (κ2) is 5.19. The molecule has 0 aliphatic heterocycles. The third kappa shape index (κ3) is 2.58. The van der Waals surface area contributed by atoms with E-state index < -0.39 is 0 Å². The Hall–Kier alpha value is -2.54. The lowest BCUT2D eigenvalue weighted by Crippen LogP contribution is -2.00. The van der Waals surface area contributed by atoms with E-state index in [1.165, 1.54) is 0 Å². The number of aromatic nitrogens is 1. The zero-order chi connectivity index (χ0) is 13.0. The molecule has 0 bridgehead atoms. The van der Waals surface area contributed by atoms with Crippen LogP contribution in [0.1, 0.15) is 16.7 Å². The molecule has 0 spiro atoms. The summed E-state index contributed by atoms with van der Waals surface area (Å²) < 4.78 is 5.56. The molecule has 0 radical (unpaired) electrons. The van der Waals surface area contributed by atoms with Gasteiger partial charge in [0.2, 0.25) is 5.88 Å². The van der Waals surface area contributed by atoms with Crippen LogP contribution >= 0.6 is 0 Å². The standard InChI is InChI=1S/C14H13N3O/c1-10-6-7-17-14(13(10)8-15)18-9-11-2-4-12(16)5-3-11/h2-7H,9,16H2,1H3. The predicted molar refractivity (Wildman–Crippen MR) is 68.9 cm³/mol. The Bertz CT molecular complexity index is 585. The summed E-state index contributed by atoms with van der Waals surface area (Å²) in [7, 11) is 0. The van der Waals surface area contributed by atoms with E-state index in [0.717, 1.165) is 11.1 Å². The highest BCUT2D eigenvalue weighted by Crippen LogP contribution is 2.19. The van der Waals surface area contributed by atoms with Crippen LogP contribution < -0.4 is 10.5 Å². The number of aryl methyl sites for hydroxylation is 1. The normalized spacial score (nSPS) is 9.78. The van der Waals surface area contributed by atoms with Crippen LogP contribution in [0.15, 0.2) is 36.5 Å². The van der Waals surface area contributed by atoms with E-state index in [4.69, 9.17) is 15.7 Å². The summed E-state index contributed by atoms with van der Waals surface area (Å²) >= 11 is 0. The molecule has 1 aromatic carbocycles. The summed E-state index contributed by atoms with van der Waals surface area (Å²) in [6.07, 6.45) is 1.63. The molecule has 1 aromatic heterocycles. The van der Waals surface area contributed by atoms with Gasteiger partial charge in [0.05, 0.1) is 0 Å². The van der Waals surface area contributed by atoms with Crippen LogP contribution in [0.2, 0.25) is 0 Å². The van der Waals surface area contributed by atoms with Crippen molar-refractivity contribution in [2.75, 3.05) is 5.73 Å². The number of nitrogen functional groups attached to an aromatic ring is 1. The fourth-order valence-corrected chi connectivity index (χ4v) is 1.54. The summed E-state index contributed by atoms with van der Waals surface area (Å²) in [5, 5.41) is 9.05. The Balaban J connectivity index is 2.14. The average molecular weight is 239 g/mol. The van der Waals surface area contributed by atoms with E-state index in [0.29, 0.717) is 23.7 Å². The smallest absolute Gasteiger partial charge is 0.232 e. The van der Waals surface area contributed by atoms with Crippen molar-refractivity contribution in [2.45, 2.75) is 13.5 Å². The molecule has 0 saturated heterocycles. The maximum absolute atomic E-state index is 9.05. The number of pyridine rings is 1. The maximum Gasteiger partial charge on any atom is 0.232 e. The minimum atomic E-state index is 0.366. The summed E-state index contributed by atoms with van der Waals surface area (Å²) in [5.41, 5.74) is 8.64. The molecule has 0 atom stereocenters. The highest BCUT2D eigenvalue weighted by molar-refractivity contribution is 5.44.